The van der Waals surface area contributed by atoms with Crippen LogP contribution in [0.3, 0.4) is 0 Å². The Morgan fingerprint density at radius 3 is 2.63 bits per heavy atom. The molecule has 1 atom stereocenters. The predicted molar refractivity (Wildman–Crippen MR) is 136 cm³/mol. The number of carbonyl (C=O) groups excluding carboxylic acids is 2. The van der Waals surface area contributed by atoms with Gasteiger partial charge in [-0.3, -0.25) is 9.59 Å². The summed E-state index contributed by atoms with van der Waals surface area (Å²) in [6, 6.07) is 17.1. The summed E-state index contributed by atoms with van der Waals surface area (Å²) >= 11 is 1.73. The summed E-state index contributed by atoms with van der Waals surface area (Å²) in [5.41, 5.74) is 2.87. The van der Waals surface area contributed by atoms with Gasteiger partial charge in [0, 0.05) is 23.0 Å². The van der Waals surface area contributed by atoms with Gasteiger partial charge in [0.2, 0.25) is 5.91 Å². The van der Waals surface area contributed by atoms with Gasteiger partial charge in [0.15, 0.2) is 0 Å². The molecule has 2 aliphatic rings. The van der Waals surface area contributed by atoms with E-state index in [1.54, 1.807) is 41.5 Å². The second kappa shape index (κ2) is 10.1. The van der Waals surface area contributed by atoms with Crippen molar-refractivity contribution in [2.75, 3.05) is 26.8 Å². The summed E-state index contributed by atoms with van der Waals surface area (Å²) in [6.45, 7) is 3.12. The van der Waals surface area contributed by atoms with E-state index in [4.69, 9.17) is 9.47 Å². The van der Waals surface area contributed by atoms with Gasteiger partial charge in [0.25, 0.3) is 5.91 Å². The number of fused-ring (bicyclic) bond motifs is 1. The first-order valence-corrected chi connectivity index (χ1v) is 12.9. The minimum atomic E-state index is -0.174. The average Bonchev–Trinajstić information content (AvgIpc) is 3.61. The Balaban J connectivity index is 1.34. The molecule has 2 aromatic carbocycles. The molecule has 0 radical (unpaired) electrons. The van der Waals surface area contributed by atoms with E-state index < -0.39 is 0 Å². The standard InChI is InChI=1S/C28H30N2O4S/c1-19-6-10-22(11-7-19)34-18-25-24-13-15-35-26(24)12-14-29(25)27(31)17-30(21-8-9-21)28(32)20-4-3-5-23(16-20)33-2/h3-7,10-11,13,15-16,21,25H,8-9,12,14,17-18H2,1-2H3. The Labute approximate surface area is 210 Å². The van der Waals surface area contributed by atoms with Crippen molar-refractivity contribution < 1.29 is 19.1 Å². The molecular formula is C28H30N2O4S. The average molecular weight is 491 g/mol. The number of thiophene rings is 1. The molecule has 1 aliphatic carbocycles. The van der Waals surface area contributed by atoms with Crippen LogP contribution in [-0.4, -0.2) is 54.5 Å². The van der Waals surface area contributed by atoms with E-state index in [1.807, 2.05) is 42.2 Å². The molecule has 0 N–H and O–H groups in total. The lowest BCUT2D eigenvalue weighted by Gasteiger charge is -2.37. The van der Waals surface area contributed by atoms with Crippen LogP contribution in [0.5, 0.6) is 11.5 Å². The molecule has 1 aliphatic heterocycles. The Hall–Kier alpha value is -3.32. The second-order valence-corrected chi connectivity index (χ2v) is 10.2. The van der Waals surface area contributed by atoms with E-state index in [9.17, 15) is 9.59 Å². The maximum atomic E-state index is 13.7. The van der Waals surface area contributed by atoms with Gasteiger partial charge in [-0.25, -0.2) is 0 Å². The number of hydrogen-bond donors (Lipinski definition) is 0. The summed E-state index contributed by atoms with van der Waals surface area (Å²) in [5, 5.41) is 2.08. The maximum absolute atomic E-state index is 13.7. The molecule has 1 fully saturated rings. The molecule has 1 saturated carbocycles. The molecule has 7 heteroatoms. The van der Waals surface area contributed by atoms with E-state index in [1.165, 1.54) is 10.4 Å². The third-order valence-electron chi connectivity index (χ3n) is 6.71. The zero-order valence-corrected chi connectivity index (χ0v) is 20.9. The van der Waals surface area contributed by atoms with Crippen molar-refractivity contribution in [3.63, 3.8) is 0 Å². The van der Waals surface area contributed by atoms with Crippen molar-refractivity contribution in [3.8, 4) is 11.5 Å². The third-order valence-corrected chi connectivity index (χ3v) is 7.71. The van der Waals surface area contributed by atoms with Crippen molar-refractivity contribution in [2.24, 2.45) is 0 Å². The molecule has 5 rings (SSSR count). The third kappa shape index (κ3) is 5.20. The fraction of sp³-hybridized carbons (Fsp3) is 0.357. The lowest BCUT2D eigenvalue weighted by molar-refractivity contribution is -0.135. The fourth-order valence-corrected chi connectivity index (χ4v) is 5.52. The number of methoxy groups -OCH3 is 1. The van der Waals surface area contributed by atoms with Gasteiger partial charge < -0.3 is 19.3 Å². The highest BCUT2D eigenvalue weighted by atomic mass is 32.1. The summed E-state index contributed by atoms with van der Waals surface area (Å²) in [4.78, 5) is 32.0. The molecule has 1 unspecified atom stereocenters. The summed E-state index contributed by atoms with van der Waals surface area (Å²) in [7, 11) is 1.58. The first-order valence-electron chi connectivity index (χ1n) is 12.0. The minimum absolute atomic E-state index is 0.0393. The zero-order valence-electron chi connectivity index (χ0n) is 20.1. The lowest BCUT2D eigenvalue weighted by Crippen LogP contribution is -2.48. The summed E-state index contributed by atoms with van der Waals surface area (Å²) in [6.07, 6.45) is 2.68. The number of ether oxygens (including phenoxy) is 2. The second-order valence-electron chi connectivity index (χ2n) is 9.17. The van der Waals surface area contributed by atoms with E-state index in [-0.39, 0.29) is 30.4 Å². The van der Waals surface area contributed by atoms with Crippen molar-refractivity contribution in [1.82, 2.24) is 9.80 Å². The van der Waals surface area contributed by atoms with Crippen LogP contribution >= 0.6 is 11.3 Å². The van der Waals surface area contributed by atoms with Gasteiger partial charge in [0.05, 0.1) is 13.2 Å². The molecule has 2 heterocycles. The van der Waals surface area contributed by atoms with Crippen LogP contribution < -0.4 is 9.47 Å². The first kappa shape index (κ1) is 23.4. The molecule has 35 heavy (non-hydrogen) atoms. The SMILES string of the molecule is COc1cccc(C(=O)N(CC(=O)N2CCc3sccc3C2COc2ccc(C)cc2)C2CC2)c1. The van der Waals surface area contributed by atoms with Crippen molar-refractivity contribution in [1.29, 1.82) is 0 Å². The molecule has 0 bridgehead atoms. The summed E-state index contributed by atoms with van der Waals surface area (Å²) < 4.78 is 11.4. The number of amides is 2. The molecule has 1 aromatic heterocycles. The predicted octanol–water partition coefficient (Wildman–Crippen LogP) is 4.87. The number of rotatable bonds is 8. The fourth-order valence-electron chi connectivity index (χ4n) is 4.60. The van der Waals surface area contributed by atoms with E-state index in [0.29, 0.717) is 24.5 Å². The van der Waals surface area contributed by atoms with Gasteiger partial charge in [0.1, 0.15) is 24.7 Å². The lowest BCUT2D eigenvalue weighted by atomic mass is 10.0. The van der Waals surface area contributed by atoms with Crippen LogP contribution in [0.15, 0.2) is 60.0 Å². The largest absolute Gasteiger partial charge is 0.497 e. The maximum Gasteiger partial charge on any atom is 0.254 e. The Bertz CT molecular complexity index is 1200. The van der Waals surface area contributed by atoms with Crippen LogP contribution in [0, 0.1) is 6.92 Å². The topological polar surface area (TPSA) is 59.1 Å². The molecule has 6 nitrogen and oxygen atoms in total. The summed E-state index contributed by atoms with van der Waals surface area (Å²) in [5.74, 6) is 1.26. The highest BCUT2D eigenvalue weighted by Gasteiger charge is 2.38. The van der Waals surface area contributed by atoms with Crippen LogP contribution in [0.25, 0.3) is 0 Å². The van der Waals surface area contributed by atoms with Crippen LogP contribution in [0.4, 0.5) is 0 Å². The number of aryl methyl sites for hydroxylation is 1. The van der Waals surface area contributed by atoms with Crippen LogP contribution in [-0.2, 0) is 11.2 Å². The monoisotopic (exact) mass is 490 g/mol. The van der Waals surface area contributed by atoms with Crippen LogP contribution in [0.1, 0.15) is 45.2 Å². The van der Waals surface area contributed by atoms with Crippen LogP contribution in [0.2, 0.25) is 0 Å². The number of benzene rings is 2. The smallest absolute Gasteiger partial charge is 0.254 e. The minimum Gasteiger partial charge on any atom is -0.497 e. The Morgan fingerprint density at radius 2 is 1.89 bits per heavy atom. The number of carbonyl (C=O) groups is 2. The van der Waals surface area contributed by atoms with Gasteiger partial charge in [-0.05, 0) is 73.5 Å². The normalized spacial score (nSPS) is 17.0. The highest BCUT2D eigenvalue weighted by molar-refractivity contribution is 7.10. The van der Waals surface area contributed by atoms with E-state index in [2.05, 4.69) is 11.4 Å². The molecule has 0 spiro atoms. The Kier molecular flexibility index (Phi) is 6.77. The number of hydrogen-bond acceptors (Lipinski definition) is 5. The van der Waals surface area contributed by atoms with Gasteiger partial charge in [-0.2, -0.15) is 0 Å². The van der Waals surface area contributed by atoms with Gasteiger partial charge >= 0.3 is 0 Å². The van der Waals surface area contributed by atoms with Crippen molar-refractivity contribution in [3.05, 3.63) is 81.5 Å². The van der Waals surface area contributed by atoms with Gasteiger partial charge in [-0.1, -0.05) is 23.8 Å². The quantitative estimate of drug-likeness (QED) is 0.452. The van der Waals surface area contributed by atoms with Gasteiger partial charge in [-0.15, -0.1) is 11.3 Å². The molecule has 2 amide bonds. The molecule has 0 saturated heterocycles. The highest BCUT2D eigenvalue weighted by Crippen LogP contribution is 2.35. The van der Waals surface area contributed by atoms with Crippen molar-refractivity contribution in [2.45, 2.75) is 38.3 Å². The number of nitrogens with zero attached hydrogens (tertiary/aromatic N) is 2. The van der Waals surface area contributed by atoms with E-state index >= 15 is 0 Å². The molecule has 3 aromatic rings. The molecular weight excluding hydrogens is 460 g/mol. The van der Waals surface area contributed by atoms with E-state index in [0.717, 1.165) is 30.6 Å². The first-order chi connectivity index (χ1) is 17.0. The molecule has 182 valence electrons. The zero-order chi connectivity index (χ0) is 24.4. The van der Waals surface area contributed by atoms with Crippen molar-refractivity contribution >= 4 is 23.2 Å². The Morgan fingerprint density at radius 1 is 1.09 bits per heavy atom.